The van der Waals surface area contributed by atoms with Gasteiger partial charge in [-0.3, -0.25) is 4.79 Å². The summed E-state index contributed by atoms with van der Waals surface area (Å²) in [4.78, 5) is 11.2. The molecule has 1 nitrogen and oxygen atoms in total. The number of unbranched alkanes of at least 4 members (excludes halogenated alkanes) is 2. The molecule has 0 unspecified atom stereocenters. The molecule has 0 aromatic heterocycles. The molecule has 0 spiro atoms. The smallest absolute Gasteiger partial charge is 0.159 e. The molecule has 0 aliphatic heterocycles. The van der Waals surface area contributed by atoms with Crippen molar-refractivity contribution in [3.8, 4) is 0 Å². The Labute approximate surface area is 80.5 Å². The van der Waals surface area contributed by atoms with E-state index >= 15 is 0 Å². The lowest BCUT2D eigenvalue weighted by Gasteiger charge is -1.93. The molecule has 0 heterocycles. The van der Waals surface area contributed by atoms with Crippen LogP contribution < -0.4 is 0 Å². The van der Waals surface area contributed by atoms with Gasteiger partial charge in [0.25, 0.3) is 0 Å². The van der Waals surface area contributed by atoms with Gasteiger partial charge in [0, 0.05) is 6.42 Å². The van der Waals surface area contributed by atoms with E-state index < -0.39 is 0 Å². The van der Waals surface area contributed by atoms with Crippen LogP contribution in [0.4, 0.5) is 0 Å². The first kappa shape index (κ1) is 10.2. The molecule has 1 heteroatoms. The second-order valence-corrected chi connectivity index (χ2v) is 3.51. The molecule has 0 bridgehead atoms. The van der Waals surface area contributed by atoms with Gasteiger partial charge in [-0.05, 0) is 24.8 Å². The number of ketones is 1. The summed E-state index contributed by atoms with van der Waals surface area (Å²) in [5.74, 6) is 0.347. The molecule has 0 N–H and O–H groups in total. The SMILES string of the molecule is CCCCC=CCC1=CCCC1=O. The van der Waals surface area contributed by atoms with Gasteiger partial charge in [-0.1, -0.05) is 38.0 Å². The summed E-state index contributed by atoms with van der Waals surface area (Å²) in [6, 6.07) is 0. The van der Waals surface area contributed by atoms with Crippen molar-refractivity contribution in [3.63, 3.8) is 0 Å². The van der Waals surface area contributed by atoms with Crippen LogP contribution in [0.3, 0.4) is 0 Å². The Morgan fingerprint density at radius 1 is 1.46 bits per heavy atom. The first-order valence-electron chi connectivity index (χ1n) is 5.22. The maximum absolute atomic E-state index is 11.2. The highest BCUT2D eigenvalue weighted by Gasteiger charge is 2.12. The zero-order valence-electron chi connectivity index (χ0n) is 8.38. The molecule has 0 fully saturated rings. The van der Waals surface area contributed by atoms with Crippen LogP contribution in [0.25, 0.3) is 0 Å². The highest BCUT2D eigenvalue weighted by atomic mass is 16.1. The zero-order chi connectivity index (χ0) is 9.52. The van der Waals surface area contributed by atoms with E-state index in [0.29, 0.717) is 5.78 Å². The summed E-state index contributed by atoms with van der Waals surface area (Å²) in [5, 5.41) is 0. The number of hydrogen-bond acceptors (Lipinski definition) is 1. The Morgan fingerprint density at radius 2 is 2.31 bits per heavy atom. The van der Waals surface area contributed by atoms with Gasteiger partial charge in [0.2, 0.25) is 0 Å². The fraction of sp³-hybridized carbons (Fsp3) is 0.583. The molecule has 0 saturated carbocycles. The van der Waals surface area contributed by atoms with Gasteiger partial charge in [0.15, 0.2) is 5.78 Å². The molecule has 72 valence electrons. The molecule has 0 saturated heterocycles. The van der Waals surface area contributed by atoms with Crippen LogP contribution in [0.2, 0.25) is 0 Å². The second-order valence-electron chi connectivity index (χ2n) is 3.51. The molecular weight excluding hydrogens is 160 g/mol. The van der Waals surface area contributed by atoms with Gasteiger partial charge < -0.3 is 0 Å². The van der Waals surface area contributed by atoms with E-state index in [2.05, 4.69) is 25.2 Å². The summed E-state index contributed by atoms with van der Waals surface area (Å²) in [6.07, 6.45) is 12.6. The minimum Gasteiger partial charge on any atom is -0.295 e. The van der Waals surface area contributed by atoms with Crippen LogP contribution in [-0.4, -0.2) is 5.78 Å². The normalized spacial score (nSPS) is 17.0. The number of carbonyl (C=O) groups excluding carboxylic acids is 1. The van der Waals surface area contributed by atoms with Crippen LogP contribution in [0.1, 0.15) is 45.4 Å². The van der Waals surface area contributed by atoms with Crippen molar-refractivity contribution in [2.24, 2.45) is 0 Å². The van der Waals surface area contributed by atoms with Gasteiger partial charge in [-0.15, -0.1) is 0 Å². The van der Waals surface area contributed by atoms with Crippen molar-refractivity contribution in [1.29, 1.82) is 0 Å². The van der Waals surface area contributed by atoms with E-state index in [0.717, 1.165) is 31.3 Å². The molecule has 1 rings (SSSR count). The van der Waals surface area contributed by atoms with Crippen molar-refractivity contribution in [3.05, 3.63) is 23.8 Å². The first-order valence-corrected chi connectivity index (χ1v) is 5.22. The number of rotatable bonds is 5. The number of Topliss-reactive ketones (excluding diaryl/α,β-unsaturated/α-hetero) is 1. The summed E-state index contributed by atoms with van der Waals surface area (Å²) in [7, 11) is 0. The molecule has 0 radical (unpaired) electrons. The molecule has 0 atom stereocenters. The minimum absolute atomic E-state index is 0.347. The molecular formula is C12H18O. The van der Waals surface area contributed by atoms with Gasteiger partial charge in [0.1, 0.15) is 0 Å². The van der Waals surface area contributed by atoms with Crippen molar-refractivity contribution in [2.75, 3.05) is 0 Å². The average Bonchev–Trinajstić information content (AvgIpc) is 2.52. The van der Waals surface area contributed by atoms with Gasteiger partial charge in [0.05, 0.1) is 0 Å². The molecule has 0 aromatic carbocycles. The number of allylic oxidation sites excluding steroid dienone is 4. The quantitative estimate of drug-likeness (QED) is 0.465. The Balaban J connectivity index is 2.18. The lowest BCUT2D eigenvalue weighted by atomic mass is 10.1. The number of carbonyl (C=O) groups is 1. The third kappa shape index (κ3) is 3.58. The molecule has 1 aliphatic rings. The fourth-order valence-electron chi connectivity index (χ4n) is 1.50. The van der Waals surface area contributed by atoms with Crippen molar-refractivity contribution < 1.29 is 4.79 Å². The van der Waals surface area contributed by atoms with Crippen molar-refractivity contribution in [1.82, 2.24) is 0 Å². The standard InChI is InChI=1S/C12H18O/c1-2-3-4-5-6-8-11-9-7-10-12(11)13/h5-6,9H,2-4,7-8,10H2,1H3. The molecule has 1 aliphatic carbocycles. The van der Waals surface area contributed by atoms with Crippen LogP contribution in [0, 0.1) is 0 Å². The monoisotopic (exact) mass is 178 g/mol. The first-order chi connectivity index (χ1) is 6.34. The highest BCUT2D eigenvalue weighted by molar-refractivity contribution is 5.97. The Bertz CT molecular complexity index is 223. The maximum Gasteiger partial charge on any atom is 0.159 e. The Kier molecular flexibility index (Phi) is 4.52. The van der Waals surface area contributed by atoms with Crippen LogP contribution in [-0.2, 0) is 4.79 Å². The van der Waals surface area contributed by atoms with E-state index in [1.54, 1.807) is 0 Å². The van der Waals surface area contributed by atoms with Crippen LogP contribution in [0.15, 0.2) is 23.8 Å². The van der Waals surface area contributed by atoms with Gasteiger partial charge in [-0.2, -0.15) is 0 Å². The summed E-state index contributed by atoms with van der Waals surface area (Å²) < 4.78 is 0. The van der Waals surface area contributed by atoms with Crippen LogP contribution >= 0.6 is 0 Å². The van der Waals surface area contributed by atoms with E-state index in [1.165, 1.54) is 12.8 Å². The summed E-state index contributed by atoms with van der Waals surface area (Å²) >= 11 is 0. The zero-order valence-corrected chi connectivity index (χ0v) is 8.38. The van der Waals surface area contributed by atoms with Crippen molar-refractivity contribution in [2.45, 2.75) is 45.4 Å². The largest absolute Gasteiger partial charge is 0.295 e. The average molecular weight is 178 g/mol. The molecule has 13 heavy (non-hydrogen) atoms. The highest BCUT2D eigenvalue weighted by Crippen LogP contribution is 2.17. The van der Waals surface area contributed by atoms with Crippen LogP contribution in [0.5, 0.6) is 0 Å². The Morgan fingerprint density at radius 3 is 2.92 bits per heavy atom. The summed E-state index contributed by atoms with van der Waals surface area (Å²) in [6.45, 7) is 2.19. The predicted molar refractivity (Wildman–Crippen MR) is 55.6 cm³/mol. The molecule has 0 amide bonds. The van der Waals surface area contributed by atoms with Gasteiger partial charge in [-0.25, -0.2) is 0 Å². The van der Waals surface area contributed by atoms with E-state index in [9.17, 15) is 4.79 Å². The maximum atomic E-state index is 11.2. The third-order valence-corrected chi connectivity index (χ3v) is 2.35. The predicted octanol–water partition coefficient (Wildman–Crippen LogP) is 3.41. The fourth-order valence-corrected chi connectivity index (χ4v) is 1.50. The van der Waals surface area contributed by atoms with E-state index in [4.69, 9.17) is 0 Å². The lowest BCUT2D eigenvalue weighted by molar-refractivity contribution is -0.114. The van der Waals surface area contributed by atoms with Crippen molar-refractivity contribution >= 4 is 5.78 Å². The Hall–Kier alpha value is -0.850. The topological polar surface area (TPSA) is 17.1 Å². The summed E-state index contributed by atoms with van der Waals surface area (Å²) in [5.41, 5.74) is 1.02. The van der Waals surface area contributed by atoms with Gasteiger partial charge >= 0.3 is 0 Å². The third-order valence-electron chi connectivity index (χ3n) is 2.35. The number of hydrogen-bond donors (Lipinski definition) is 0. The lowest BCUT2D eigenvalue weighted by Crippen LogP contribution is -1.93. The van der Waals surface area contributed by atoms with E-state index in [1.807, 2.05) is 0 Å². The molecule has 0 aromatic rings. The minimum atomic E-state index is 0.347. The van der Waals surface area contributed by atoms with E-state index in [-0.39, 0.29) is 0 Å². The second kappa shape index (κ2) is 5.74.